The van der Waals surface area contributed by atoms with Crippen molar-refractivity contribution in [2.45, 2.75) is 25.9 Å². The number of piperazine rings is 1. The average molecular weight is 266 g/mol. The zero-order valence-corrected chi connectivity index (χ0v) is 11.8. The fourth-order valence-electron chi connectivity index (χ4n) is 2.31. The van der Waals surface area contributed by atoms with Gasteiger partial charge in [0.05, 0.1) is 5.60 Å². The number of benzene rings is 1. The largest absolute Gasteiger partial charge is 0.390 e. The predicted octanol–water partition coefficient (Wildman–Crippen LogP) is 2.11. The van der Waals surface area contributed by atoms with Crippen molar-refractivity contribution >= 4 is 5.69 Å². The third kappa shape index (κ3) is 4.48. The highest BCUT2D eigenvalue weighted by atomic mass is 19.1. The minimum atomic E-state index is -0.589. The molecule has 0 amide bonds. The van der Waals surface area contributed by atoms with Gasteiger partial charge in [0.1, 0.15) is 5.82 Å². The van der Waals surface area contributed by atoms with Crippen LogP contribution in [0.1, 0.15) is 20.3 Å². The van der Waals surface area contributed by atoms with Crippen LogP contribution in [0.5, 0.6) is 0 Å². The summed E-state index contributed by atoms with van der Waals surface area (Å²) in [6.45, 7) is 8.53. The van der Waals surface area contributed by atoms with E-state index in [9.17, 15) is 9.50 Å². The fraction of sp³-hybridized carbons (Fsp3) is 0.600. The molecule has 106 valence electrons. The summed E-state index contributed by atoms with van der Waals surface area (Å²) >= 11 is 0. The maximum Gasteiger partial charge on any atom is 0.123 e. The molecule has 0 aromatic heterocycles. The highest BCUT2D eigenvalue weighted by Crippen LogP contribution is 2.17. The number of hydrogen-bond donors (Lipinski definition) is 1. The summed E-state index contributed by atoms with van der Waals surface area (Å²) in [5.74, 6) is -0.187. The molecule has 4 heteroatoms. The Morgan fingerprint density at radius 3 is 2.21 bits per heavy atom. The Balaban J connectivity index is 1.81. The molecule has 0 unspecified atom stereocenters. The van der Waals surface area contributed by atoms with Gasteiger partial charge in [-0.2, -0.15) is 0 Å². The van der Waals surface area contributed by atoms with Crippen molar-refractivity contribution in [2.24, 2.45) is 0 Å². The third-order valence-electron chi connectivity index (χ3n) is 3.60. The first-order valence-electron chi connectivity index (χ1n) is 6.89. The Bertz CT molecular complexity index is 392. The summed E-state index contributed by atoms with van der Waals surface area (Å²) in [4.78, 5) is 4.65. The minimum absolute atomic E-state index is 0.187. The Morgan fingerprint density at radius 2 is 1.68 bits per heavy atom. The van der Waals surface area contributed by atoms with Gasteiger partial charge < -0.3 is 10.0 Å². The van der Waals surface area contributed by atoms with E-state index in [1.165, 1.54) is 12.1 Å². The molecule has 0 radical (unpaired) electrons. The smallest absolute Gasteiger partial charge is 0.123 e. The lowest BCUT2D eigenvalue weighted by Gasteiger charge is -2.37. The van der Waals surface area contributed by atoms with Crippen molar-refractivity contribution < 1.29 is 9.50 Å². The van der Waals surface area contributed by atoms with E-state index in [1.807, 2.05) is 26.0 Å². The Hall–Kier alpha value is -1.13. The molecule has 0 atom stereocenters. The molecule has 1 saturated heterocycles. The number of rotatable bonds is 4. The molecule has 2 rings (SSSR count). The lowest BCUT2D eigenvalue weighted by atomic mass is 10.1. The second kappa shape index (κ2) is 5.88. The number of hydrogen-bond acceptors (Lipinski definition) is 3. The highest BCUT2D eigenvalue weighted by molar-refractivity contribution is 5.46. The van der Waals surface area contributed by atoms with Gasteiger partial charge in [0.15, 0.2) is 0 Å². The van der Waals surface area contributed by atoms with Crippen LogP contribution in [0.2, 0.25) is 0 Å². The predicted molar refractivity (Wildman–Crippen MR) is 76.0 cm³/mol. The zero-order chi connectivity index (χ0) is 13.9. The van der Waals surface area contributed by atoms with Gasteiger partial charge in [-0.15, -0.1) is 0 Å². The van der Waals surface area contributed by atoms with Crippen molar-refractivity contribution in [3.63, 3.8) is 0 Å². The molecule has 0 saturated carbocycles. The van der Waals surface area contributed by atoms with Crippen molar-refractivity contribution in [1.82, 2.24) is 4.90 Å². The Morgan fingerprint density at radius 1 is 1.11 bits per heavy atom. The molecular formula is C15H23FN2O. The van der Waals surface area contributed by atoms with E-state index in [1.54, 1.807) is 0 Å². The van der Waals surface area contributed by atoms with Crippen LogP contribution in [0.25, 0.3) is 0 Å². The minimum Gasteiger partial charge on any atom is -0.390 e. The monoisotopic (exact) mass is 266 g/mol. The molecule has 1 fully saturated rings. The summed E-state index contributed by atoms with van der Waals surface area (Å²) in [5.41, 5.74) is 0.497. The topological polar surface area (TPSA) is 26.7 Å². The molecule has 1 N–H and O–H groups in total. The van der Waals surface area contributed by atoms with Crippen LogP contribution < -0.4 is 4.90 Å². The molecular weight excluding hydrogens is 243 g/mol. The van der Waals surface area contributed by atoms with E-state index in [2.05, 4.69) is 9.80 Å². The molecule has 1 aliphatic rings. The lowest BCUT2D eigenvalue weighted by Crippen LogP contribution is -2.47. The molecule has 1 aliphatic heterocycles. The van der Waals surface area contributed by atoms with Crippen LogP contribution in [0.15, 0.2) is 24.3 Å². The summed E-state index contributed by atoms with van der Waals surface area (Å²) in [6, 6.07) is 6.69. The first-order valence-corrected chi connectivity index (χ1v) is 6.89. The first kappa shape index (κ1) is 14.3. The Kier molecular flexibility index (Phi) is 4.42. The van der Waals surface area contributed by atoms with Crippen LogP contribution in [0.3, 0.4) is 0 Å². The number of halogens is 1. The first-order chi connectivity index (χ1) is 8.94. The molecule has 19 heavy (non-hydrogen) atoms. The van der Waals surface area contributed by atoms with E-state index < -0.39 is 5.60 Å². The van der Waals surface area contributed by atoms with Crippen molar-refractivity contribution in [2.75, 3.05) is 37.6 Å². The van der Waals surface area contributed by atoms with E-state index in [0.29, 0.717) is 0 Å². The van der Waals surface area contributed by atoms with Crippen molar-refractivity contribution in [3.8, 4) is 0 Å². The molecule has 1 aromatic carbocycles. The summed E-state index contributed by atoms with van der Waals surface area (Å²) in [7, 11) is 0. The molecule has 1 aromatic rings. The number of anilines is 1. The number of aliphatic hydroxyl groups is 1. The summed E-state index contributed by atoms with van der Waals surface area (Å²) in [5, 5.41) is 9.73. The molecule has 3 nitrogen and oxygen atoms in total. The molecule has 0 spiro atoms. The third-order valence-corrected chi connectivity index (χ3v) is 3.60. The van der Waals surface area contributed by atoms with Crippen molar-refractivity contribution in [3.05, 3.63) is 30.1 Å². The lowest BCUT2D eigenvalue weighted by molar-refractivity contribution is 0.0569. The van der Waals surface area contributed by atoms with Gasteiger partial charge in [0.2, 0.25) is 0 Å². The second-order valence-electron chi connectivity index (χ2n) is 5.87. The van der Waals surface area contributed by atoms with Crippen LogP contribution in [-0.4, -0.2) is 48.3 Å². The SMILES string of the molecule is CC(C)(O)CCN1CCN(c2ccc(F)cc2)CC1. The van der Waals surface area contributed by atoms with Crippen molar-refractivity contribution in [1.29, 1.82) is 0 Å². The molecule has 0 bridgehead atoms. The van der Waals surface area contributed by atoms with Gasteiger partial charge in [0.25, 0.3) is 0 Å². The normalized spacial score (nSPS) is 17.8. The van der Waals surface area contributed by atoms with Gasteiger partial charge in [-0.25, -0.2) is 4.39 Å². The summed E-state index contributed by atoms with van der Waals surface area (Å²) < 4.78 is 12.9. The maximum absolute atomic E-state index is 12.9. The van der Waals surface area contributed by atoms with Crippen LogP contribution in [-0.2, 0) is 0 Å². The molecule has 1 heterocycles. The average Bonchev–Trinajstić information content (AvgIpc) is 2.37. The zero-order valence-electron chi connectivity index (χ0n) is 11.8. The van der Waals surface area contributed by atoms with E-state index in [0.717, 1.165) is 44.8 Å². The van der Waals surface area contributed by atoms with Gasteiger partial charge in [0, 0.05) is 38.4 Å². The summed E-state index contributed by atoms with van der Waals surface area (Å²) in [6.07, 6.45) is 0.795. The molecule has 0 aliphatic carbocycles. The van der Waals surface area contributed by atoms with Gasteiger partial charge >= 0.3 is 0 Å². The highest BCUT2D eigenvalue weighted by Gasteiger charge is 2.20. The second-order valence-corrected chi connectivity index (χ2v) is 5.87. The van der Waals surface area contributed by atoms with E-state index >= 15 is 0 Å². The van der Waals surface area contributed by atoms with Crippen LogP contribution in [0.4, 0.5) is 10.1 Å². The van der Waals surface area contributed by atoms with Crippen LogP contribution in [0, 0.1) is 5.82 Å². The quantitative estimate of drug-likeness (QED) is 0.904. The Labute approximate surface area is 114 Å². The van der Waals surface area contributed by atoms with Crippen LogP contribution >= 0.6 is 0 Å². The fourth-order valence-corrected chi connectivity index (χ4v) is 2.31. The van der Waals surface area contributed by atoms with E-state index in [-0.39, 0.29) is 5.82 Å². The maximum atomic E-state index is 12.9. The van der Waals surface area contributed by atoms with E-state index in [4.69, 9.17) is 0 Å². The van der Waals surface area contributed by atoms with Gasteiger partial charge in [-0.1, -0.05) is 0 Å². The van der Waals surface area contributed by atoms with Gasteiger partial charge in [-0.3, -0.25) is 4.90 Å². The van der Waals surface area contributed by atoms with Gasteiger partial charge in [-0.05, 0) is 44.5 Å². The number of nitrogens with zero attached hydrogens (tertiary/aromatic N) is 2. The standard InChI is InChI=1S/C15H23FN2O/c1-15(2,19)7-8-17-9-11-18(12-10-17)14-5-3-13(16)4-6-14/h3-6,19H,7-12H2,1-2H3.